The number of nitrogens with one attached hydrogen (secondary N) is 1. The quantitative estimate of drug-likeness (QED) is 0.658. The second-order valence-electron chi connectivity index (χ2n) is 5.49. The Labute approximate surface area is 156 Å². The molecule has 0 aliphatic rings. The summed E-state index contributed by atoms with van der Waals surface area (Å²) < 4.78 is 32.9. The van der Waals surface area contributed by atoms with Crippen LogP contribution in [0, 0.1) is 0 Å². The lowest BCUT2D eigenvalue weighted by molar-refractivity contribution is 0.475. The third-order valence-corrected chi connectivity index (χ3v) is 5.33. The molecule has 3 rings (SSSR count). The fourth-order valence-electron chi connectivity index (χ4n) is 2.22. The number of hydrogen-bond donors (Lipinski definition) is 2. The van der Waals surface area contributed by atoms with Crippen molar-refractivity contribution >= 4 is 21.6 Å². The first-order chi connectivity index (χ1) is 12.4. The highest BCUT2D eigenvalue weighted by atomic mass is 35.5. The normalized spacial score (nSPS) is 11.3. The van der Waals surface area contributed by atoms with E-state index in [0.717, 1.165) is 5.56 Å². The van der Waals surface area contributed by atoms with Crippen molar-refractivity contribution in [1.29, 1.82) is 0 Å². The van der Waals surface area contributed by atoms with Crippen LogP contribution in [0.3, 0.4) is 0 Å². The van der Waals surface area contributed by atoms with Gasteiger partial charge in [0.15, 0.2) is 0 Å². The van der Waals surface area contributed by atoms with Crippen LogP contribution in [0.25, 0.3) is 0 Å². The Morgan fingerprint density at radius 1 is 0.923 bits per heavy atom. The molecule has 2 N–H and O–H groups in total. The lowest BCUT2D eigenvalue weighted by Crippen LogP contribution is -2.23. The summed E-state index contributed by atoms with van der Waals surface area (Å²) in [5, 5.41) is 9.72. The molecular weight excluding hydrogens is 374 g/mol. The maximum atomic E-state index is 12.4. The van der Waals surface area contributed by atoms with E-state index in [4.69, 9.17) is 16.3 Å². The van der Waals surface area contributed by atoms with Gasteiger partial charge < -0.3 is 9.84 Å². The molecule has 0 amide bonds. The van der Waals surface area contributed by atoms with Gasteiger partial charge in [-0.25, -0.2) is 13.1 Å². The monoisotopic (exact) mass is 389 g/mol. The van der Waals surface area contributed by atoms with E-state index < -0.39 is 10.0 Å². The van der Waals surface area contributed by atoms with Crippen LogP contribution in [0.4, 0.5) is 0 Å². The van der Waals surface area contributed by atoms with Crippen LogP contribution in [0.15, 0.2) is 77.7 Å². The van der Waals surface area contributed by atoms with Crippen LogP contribution in [-0.4, -0.2) is 13.5 Å². The molecule has 0 spiro atoms. The largest absolute Gasteiger partial charge is 0.508 e. The van der Waals surface area contributed by atoms with Crippen molar-refractivity contribution in [2.75, 3.05) is 0 Å². The number of hydrogen-bond acceptors (Lipinski definition) is 4. The van der Waals surface area contributed by atoms with E-state index in [1.807, 2.05) is 0 Å². The van der Waals surface area contributed by atoms with Gasteiger partial charge in [0.2, 0.25) is 10.0 Å². The maximum absolute atomic E-state index is 12.4. The van der Waals surface area contributed by atoms with Crippen molar-refractivity contribution in [3.05, 3.63) is 83.4 Å². The number of aromatic hydroxyl groups is 1. The van der Waals surface area contributed by atoms with Gasteiger partial charge in [-0.05, 0) is 54.1 Å². The van der Waals surface area contributed by atoms with E-state index >= 15 is 0 Å². The molecule has 0 bridgehead atoms. The average Bonchev–Trinajstić information content (AvgIpc) is 2.64. The molecule has 0 aliphatic carbocycles. The summed E-state index contributed by atoms with van der Waals surface area (Å²) in [7, 11) is -3.66. The fourth-order valence-corrected chi connectivity index (χ4v) is 3.41. The summed E-state index contributed by atoms with van der Waals surface area (Å²) in [5.74, 6) is 1.11. The van der Waals surface area contributed by atoms with E-state index in [1.54, 1.807) is 48.5 Å². The van der Waals surface area contributed by atoms with E-state index in [1.165, 1.54) is 24.3 Å². The molecule has 0 fully saturated rings. The van der Waals surface area contributed by atoms with Gasteiger partial charge in [-0.3, -0.25) is 0 Å². The molecule has 5 nitrogen and oxygen atoms in total. The predicted octanol–water partition coefficient (Wildman–Crippen LogP) is 4.32. The Bertz CT molecular complexity index is 987. The lowest BCUT2D eigenvalue weighted by atomic mass is 10.2. The first-order valence-electron chi connectivity index (χ1n) is 7.74. The van der Waals surface area contributed by atoms with Gasteiger partial charge >= 0.3 is 0 Å². The van der Waals surface area contributed by atoms with Gasteiger partial charge in [-0.1, -0.05) is 35.9 Å². The van der Waals surface area contributed by atoms with Crippen molar-refractivity contribution in [2.24, 2.45) is 0 Å². The molecule has 134 valence electrons. The minimum atomic E-state index is -3.66. The molecule has 3 aromatic rings. The Balaban J connectivity index is 1.68. The van der Waals surface area contributed by atoms with Crippen LogP contribution in [0.5, 0.6) is 17.2 Å². The second-order valence-corrected chi connectivity index (χ2v) is 7.67. The van der Waals surface area contributed by atoms with Crippen LogP contribution in [0.1, 0.15) is 5.56 Å². The van der Waals surface area contributed by atoms with Crippen molar-refractivity contribution < 1.29 is 18.3 Å². The number of rotatable bonds is 6. The lowest BCUT2D eigenvalue weighted by Gasteiger charge is -2.10. The van der Waals surface area contributed by atoms with Gasteiger partial charge in [0.1, 0.15) is 17.2 Å². The summed E-state index contributed by atoms with van der Waals surface area (Å²) in [6.45, 7) is 0.125. The summed E-state index contributed by atoms with van der Waals surface area (Å²) in [5.41, 5.74) is 0.741. The van der Waals surface area contributed by atoms with Crippen LogP contribution in [0.2, 0.25) is 5.02 Å². The maximum Gasteiger partial charge on any atom is 0.240 e. The van der Waals surface area contributed by atoms with E-state index in [0.29, 0.717) is 16.5 Å². The van der Waals surface area contributed by atoms with Gasteiger partial charge in [-0.2, -0.15) is 0 Å². The van der Waals surface area contributed by atoms with Gasteiger partial charge in [0.05, 0.1) is 9.92 Å². The van der Waals surface area contributed by atoms with Crippen molar-refractivity contribution in [1.82, 2.24) is 4.72 Å². The molecule has 0 atom stereocenters. The standard InChI is InChI=1S/C19H16ClNO4S/c20-18-3-1-2-4-19(18)25-16-9-11-17(12-10-16)26(23,24)21-13-14-5-7-15(22)8-6-14/h1-12,21-22H,13H2. The highest BCUT2D eigenvalue weighted by molar-refractivity contribution is 7.89. The summed E-state index contributed by atoms with van der Waals surface area (Å²) in [6.07, 6.45) is 0. The summed E-state index contributed by atoms with van der Waals surface area (Å²) in [6, 6.07) is 19.4. The Hall–Kier alpha value is -2.54. The Morgan fingerprint density at radius 3 is 2.23 bits per heavy atom. The topological polar surface area (TPSA) is 75.6 Å². The van der Waals surface area contributed by atoms with Gasteiger partial charge in [0.25, 0.3) is 0 Å². The Morgan fingerprint density at radius 2 is 1.58 bits per heavy atom. The number of para-hydroxylation sites is 1. The molecule has 0 saturated heterocycles. The highest BCUT2D eigenvalue weighted by Gasteiger charge is 2.14. The number of halogens is 1. The zero-order valence-corrected chi connectivity index (χ0v) is 15.2. The average molecular weight is 390 g/mol. The van der Waals surface area contributed by atoms with Crippen molar-refractivity contribution in [3.8, 4) is 17.2 Å². The number of sulfonamides is 1. The smallest absolute Gasteiger partial charge is 0.240 e. The van der Waals surface area contributed by atoms with Gasteiger partial charge in [0, 0.05) is 6.54 Å². The fraction of sp³-hybridized carbons (Fsp3) is 0.0526. The third-order valence-electron chi connectivity index (χ3n) is 3.60. The molecule has 0 saturated carbocycles. The molecule has 7 heteroatoms. The molecule has 0 unspecified atom stereocenters. The first-order valence-corrected chi connectivity index (χ1v) is 9.60. The van der Waals surface area contributed by atoms with E-state index in [2.05, 4.69) is 4.72 Å². The number of ether oxygens (including phenoxy) is 1. The SMILES string of the molecule is O=S(=O)(NCc1ccc(O)cc1)c1ccc(Oc2ccccc2Cl)cc1. The highest BCUT2D eigenvalue weighted by Crippen LogP contribution is 2.29. The molecule has 0 aliphatic heterocycles. The van der Waals surface area contributed by atoms with Crippen molar-refractivity contribution in [2.45, 2.75) is 11.4 Å². The zero-order chi connectivity index (χ0) is 18.6. The molecular formula is C19H16ClNO4S. The molecule has 0 radical (unpaired) electrons. The molecule has 3 aromatic carbocycles. The molecule has 26 heavy (non-hydrogen) atoms. The number of phenols is 1. The predicted molar refractivity (Wildman–Crippen MR) is 100 cm³/mol. The zero-order valence-electron chi connectivity index (χ0n) is 13.6. The number of phenolic OH excluding ortho intramolecular Hbond substituents is 1. The molecule has 0 aromatic heterocycles. The van der Waals surface area contributed by atoms with Crippen LogP contribution >= 0.6 is 11.6 Å². The van der Waals surface area contributed by atoms with E-state index in [-0.39, 0.29) is 17.2 Å². The number of benzene rings is 3. The summed E-state index contributed by atoms with van der Waals surface area (Å²) in [4.78, 5) is 0.128. The Kier molecular flexibility index (Phi) is 5.46. The molecule has 0 heterocycles. The van der Waals surface area contributed by atoms with E-state index in [9.17, 15) is 13.5 Å². The minimum absolute atomic E-state index is 0.125. The van der Waals surface area contributed by atoms with Crippen LogP contribution in [-0.2, 0) is 16.6 Å². The van der Waals surface area contributed by atoms with Gasteiger partial charge in [-0.15, -0.1) is 0 Å². The third kappa shape index (κ3) is 4.54. The minimum Gasteiger partial charge on any atom is -0.508 e. The van der Waals surface area contributed by atoms with Crippen molar-refractivity contribution in [3.63, 3.8) is 0 Å². The second kappa shape index (κ2) is 7.78. The summed E-state index contributed by atoms with van der Waals surface area (Å²) >= 11 is 6.04. The first kappa shape index (κ1) is 18.3. The van der Waals surface area contributed by atoms with Crippen LogP contribution < -0.4 is 9.46 Å².